The van der Waals surface area contributed by atoms with E-state index in [2.05, 4.69) is 0 Å². The Bertz CT molecular complexity index is 1200. The van der Waals surface area contributed by atoms with E-state index in [1.807, 2.05) is 6.07 Å². The highest BCUT2D eigenvalue weighted by molar-refractivity contribution is 8.18. The van der Waals surface area contributed by atoms with Gasteiger partial charge < -0.3 is 18.6 Å². The minimum atomic E-state index is -0.632. The Balaban J connectivity index is 1.39. The van der Waals surface area contributed by atoms with Crippen LogP contribution in [0, 0.1) is 0 Å². The van der Waals surface area contributed by atoms with Crippen LogP contribution in [0.2, 0.25) is 0 Å². The van der Waals surface area contributed by atoms with Crippen LogP contribution in [-0.2, 0) is 4.79 Å². The van der Waals surface area contributed by atoms with Gasteiger partial charge in [-0.05, 0) is 59.8 Å². The highest BCUT2D eigenvalue weighted by Gasteiger charge is 2.34. The lowest BCUT2D eigenvalue weighted by molar-refractivity contribution is -0.123. The van der Waals surface area contributed by atoms with Crippen LogP contribution in [0.3, 0.4) is 0 Å². The van der Waals surface area contributed by atoms with Gasteiger partial charge in [-0.3, -0.25) is 14.5 Å². The van der Waals surface area contributed by atoms with Gasteiger partial charge in [-0.1, -0.05) is 24.3 Å². The number of carbonyl (C=O) groups is 3. The van der Waals surface area contributed by atoms with Crippen molar-refractivity contribution in [1.29, 1.82) is 0 Å². The lowest BCUT2D eigenvalue weighted by atomic mass is 10.2. The fourth-order valence-electron chi connectivity index (χ4n) is 3.05. The molecular weight excluding hydrogens is 446 g/mol. The van der Waals surface area contributed by atoms with E-state index >= 15 is 0 Å². The molecule has 1 fully saturated rings. The maximum atomic E-state index is 12.7. The molecule has 0 bridgehead atoms. The van der Waals surface area contributed by atoms with Crippen molar-refractivity contribution in [3.63, 3.8) is 0 Å². The molecule has 2 heterocycles. The first-order valence-electron chi connectivity index (χ1n) is 9.92. The molecule has 9 heteroatoms. The van der Waals surface area contributed by atoms with E-state index in [4.69, 9.17) is 18.6 Å². The number of hydrogen-bond donors (Lipinski definition) is 0. The van der Waals surface area contributed by atoms with Crippen LogP contribution in [0.1, 0.15) is 16.1 Å². The highest BCUT2D eigenvalue weighted by Crippen LogP contribution is 2.33. The number of carbonyl (C=O) groups excluding carboxylic acids is 3. The number of rotatable bonds is 8. The minimum absolute atomic E-state index is 0.0804. The summed E-state index contributed by atoms with van der Waals surface area (Å²) in [6.45, 7) is 0.227. The van der Waals surface area contributed by atoms with Crippen molar-refractivity contribution in [3.8, 4) is 17.2 Å². The Morgan fingerprint density at radius 2 is 1.88 bits per heavy atom. The number of amides is 2. The average molecular weight is 465 g/mol. The highest BCUT2D eigenvalue weighted by atomic mass is 32.2. The second-order valence-corrected chi connectivity index (χ2v) is 7.77. The number of esters is 1. The van der Waals surface area contributed by atoms with Crippen LogP contribution in [0.15, 0.2) is 76.2 Å². The second kappa shape index (κ2) is 10.1. The maximum absolute atomic E-state index is 12.7. The van der Waals surface area contributed by atoms with E-state index < -0.39 is 11.9 Å². The number of benzene rings is 2. The van der Waals surface area contributed by atoms with Gasteiger partial charge in [0.1, 0.15) is 12.4 Å². The van der Waals surface area contributed by atoms with E-state index in [0.29, 0.717) is 17.1 Å². The van der Waals surface area contributed by atoms with Gasteiger partial charge in [0.25, 0.3) is 11.1 Å². The van der Waals surface area contributed by atoms with Gasteiger partial charge in [0.05, 0.1) is 24.8 Å². The summed E-state index contributed by atoms with van der Waals surface area (Å²) >= 11 is 0.844. The Hall–Kier alpha value is -3.98. The molecule has 0 unspecified atom stereocenters. The van der Waals surface area contributed by atoms with E-state index in [1.54, 1.807) is 54.6 Å². The number of imide groups is 1. The third-order valence-electron chi connectivity index (χ3n) is 4.60. The summed E-state index contributed by atoms with van der Waals surface area (Å²) in [6, 6.07) is 16.9. The smallest absolute Gasteiger partial charge is 0.379 e. The lowest BCUT2D eigenvalue weighted by Gasteiger charge is -2.14. The first-order valence-corrected chi connectivity index (χ1v) is 10.7. The lowest BCUT2D eigenvalue weighted by Crippen LogP contribution is -2.32. The molecule has 33 heavy (non-hydrogen) atoms. The summed E-state index contributed by atoms with van der Waals surface area (Å²) in [5.41, 5.74) is 0.607. The quantitative estimate of drug-likeness (QED) is 0.270. The zero-order valence-electron chi connectivity index (χ0n) is 17.6. The standard InChI is InChI=1S/C24H19NO7S/c1-29-18-8-2-3-9-19(18)31-13-11-25-22(26)21(33-24(25)28)15-16-6-4-7-17(14-16)32-23(27)20-10-5-12-30-20/h2-10,12,14-15H,11,13H2,1H3/b21-15-. The molecule has 1 aliphatic rings. The fraction of sp³-hybridized carbons (Fsp3) is 0.125. The van der Waals surface area contributed by atoms with Crippen molar-refractivity contribution < 1.29 is 33.0 Å². The molecule has 8 nitrogen and oxygen atoms in total. The number of hydrogen-bond acceptors (Lipinski definition) is 8. The zero-order valence-corrected chi connectivity index (χ0v) is 18.4. The molecule has 2 amide bonds. The molecule has 0 radical (unpaired) electrons. The van der Waals surface area contributed by atoms with Crippen molar-refractivity contribution in [2.75, 3.05) is 20.3 Å². The minimum Gasteiger partial charge on any atom is -0.493 e. The summed E-state index contributed by atoms with van der Waals surface area (Å²) in [5, 5.41) is -0.379. The second-order valence-electron chi connectivity index (χ2n) is 6.77. The van der Waals surface area contributed by atoms with Gasteiger partial charge in [-0.15, -0.1) is 0 Å². The van der Waals surface area contributed by atoms with Gasteiger partial charge in [-0.2, -0.15) is 0 Å². The van der Waals surface area contributed by atoms with Crippen molar-refractivity contribution in [3.05, 3.63) is 83.2 Å². The zero-order chi connectivity index (χ0) is 23.2. The third-order valence-corrected chi connectivity index (χ3v) is 5.51. The van der Waals surface area contributed by atoms with Crippen LogP contribution in [0.4, 0.5) is 4.79 Å². The predicted molar refractivity (Wildman–Crippen MR) is 121 cm³/mol. The first kappa shape index (κ1) is 22.2. The first-order chi connectivity index (χ1) is 16.0. The molecule has 0 N–H and O–H groups in total. The SMILES string of the molecule is COc1ccccc1OCCN1C(=O)S/C(=C\c2cccc(OC(=O)c3ccco3)c2)C1=O. The summed E-state index contributed by atoms with van der Waals surface area (Å²) in [6.07, 6.45) is 2.96. The van der Waals surface area contributed by atoms with Crippen molar-refractivity contribution >= 4 is 35.0 Å². The topological polar surface area (TPSA) is 95.3 Å². The Morgan fingerprint density at radius 3 is 2.64 bits per heavy atom. The molecular formula is C24H19NO7S. The largest absolute Gasteiger partial charge is 0.493 e. The van der Waals surface area contributed by atoms with Crippen molar-refractivity contribution in [2.24, 2.45) is 0 Å². The normalized spacial score (nSPS) is 14.6. The summed E-state index contributed by atoms with van der Waals surface area (Å²) in [4.78, 5) is 38.6. The number of thioether (sulfide) groups is 1. The van der Waals surface area contributed by atoms with E-state index in [1.165, 1.54) is 19.4 Å². The third kappa shape index (κ3) is 5.27. The summed E-state index contributed by atoms with van der Waals surface area (Å²) in [7, 11) is 1.54. The van der Waals surface area contributed by atoms with Crippen molar-refractivity contribution in [1.82, 2.24) is 4.90 Å². The van der Waals surface area contributed by atoms with Crippen LogP contribution >= 0.6 is 11.8 Å². The fourth-order valence-corrected chi connectivity index (χ4v) is 3.91. The monoisotopic (exact) mass is 465 g/mol. The molecule has 1 saturated heterocycles. The number of methoxy groups -OCH3 is 1. The van der Waals surface area contributed by atoms with E-state index in [-0.39, 0.29) is 34.8 Å². The van der Waals surface area contributed by atoms with Crippen LogP contribution in [-0.4, -0.2) is 42.3 Å². The molecule has 1 aromatic heterocycles. The average Bonchev–Trinajstić information content (AvgIpc) is 3.44. The van der Waals surface area contributed by atoms with Crippen LogP contribution in [0.5, 0.6) is 17.2 Å². The molecule has 2 aromatic carbocycles. The van der Waals surface area contributed by atoms with E-state index in [9.17, 15) is 14.4 Å². The molecule has 1 aliphatic heterocycles. The van der Waals surface area contributed by atoms with Crippen molar-refractivity contribution in [2.45, 2.75) is 0 Å². The van der Waals surface area contributed by atoms with E-state index in [0.717, 1.165) is 16.7 Å². The van der Waals surface area contributed by atoms with Crippen LogP contribution in [0.25, 0.3) is 6.08 Å². The molecule has 3 aromatic rings. The van der Waals surface area contributed by atoms with Gasteiger partial charge in [0.2, 0.25) is 5.76 Å². The van der Waals surface area contributed by atoms with Crippen LogP contribution < -0.4 is 14.2 Å². The Labute approximate surface area is 193 Å². The van der Waals surface area contributed by atoms with Gasteiger partial charge in [0.15, 0.2) is 11.5 Å². The maximum Gasteiger partial charge on any atom is 0.379 e. The number of nitrogens with zero attached hydrogens (tertiary/aromatic N) is 1. The summed E-state index contributed by atoms with van der Waals surface area (Å²) in [5.74, 6) is 0.424. The number of para-hydroxylation sites is 2. The predicted octanol–water partition coefficient (Wildman–Crippen LogP) is 4.62. The molecule has 4 rings (SSSR count). The molecule has 0 saturated carbocycles. The Kier molecular flexibility index (Phi) is 6.80. The van der Waals surface area contributed by atoms with Gasteiger partial charge in [-0.25, -0.2) is 4.79 Å². The Morgan fingerprint density at radius 1 is 1.06 bits per heavy atom. The molecule has 0 spiro atoms. The molecule has 168 valence electrons. The molecule has 0 aliphatic carbocycles. The molecule has 0 atom stereocenters. The number of ether oxygens (including phenoxy) is 3. The van der Waals surface area contributed by atoms with Gasteiger partial charge in [0, 0.05) is 0 Å². The number of furan rings is 1. The summed E-state index contributed by atoms with van der Waals surface area (Å²) < 4.78 is 21.2. The van der Waals surface area contributed by atoms with Gasteiger partial charge >= 0.3 is 5.97 Å².